The van der Waals surface area contributed by atoms with Crippen LogP contribution in [0, 0.1) is 0 Å². The highest BCUT2D eigenvalue weighted by Crippen LogP contribution is 2.30. The van der Waals surface area contributed by atoms with Crippen molar-refractivity contribution >= 4 is 11.4 Å². The van der Waals surface area contributed by atoms with Crippen LogP contribution in [-0.2, 0) is 0 Å². The molecule has 0 aromatic heterocycles. The number of hydrogen-bond donors (Lipinski definition) is 2. The van der Waals surface area contributed by atoms with Gasteiger partial charge in [0, 0.05) is 6.04 Å². The fourth-order valence-corrected chi connectivity index (χ4v) is 2.45. The molecule has 1 atom stereocenters. The summed E-state index contributed by atoms with van der Waals surface area (Å²) >= 11 is 0. The lowest BCUT2D eigenvalue weighted by atomic mass is 10.1. The van der Waals surface area contributed by atoms with Crippen LogP contribution in [0.1, 0.15) is 40.5 Å². The number of para-hydroxylation sites is 1. The first-order valence-electron chi connectivity index (χ1n) is 8.12. The molecule has 0 amide bonds. The Hall–Kier alpha value is -1.42. The van der Waals surface area contributed by atoms with E-state index in [2.05, 4.69) is 31.0 Å². The van der Waals surface area contributed by atoms with Gasteiger partial charge in [-0.25, -0.2) is 0 Å². The third-order valence-corrected chi connectivity index (χ3v) is 3.77. The molecule has 1 aromatic rings. The number of nitrogen functional groups attached to an aromatic ring is 1. The Morgan fingerprint density at radius 2 is 1.95 bits per heavy atom. The molecule has 4 heteroatoms. The second-order valence-electron chi connectivity index (χ2n) is 5.36. The van der Waals surface area contributed by atoms with Gasteiger partial charge in [0.2, 0.25) is 0 Å². The summed E-state index contributed by atoms with van der Waals surface area (Å²) in [5.74, 6) is 0.762. The van der Waals surface area contributed by atoms with E-state index in [9.17, 15) is 0 Å². The van der Waals surface area contributed by atoms with Gasteiger partial charge in [-0.15, -0.1) is 0 Å². The smallest absolute Gasteiger partial charge is 0.144 e. The molecule has 21 heavy (non-hydrogen) atoms. The zero-order chi connectivity index (χ0) is 15.7. The molecule has 1 rings (SSSR count). The van der Waals surface area contributed by atoms with Crippen LogP contribution in [-0.4, -0.2) is 37.2 Å². The first-order valence-corrected chi connectivity index (χ1v) is 8.12. The first-order chi connectivity index (χ1) is 10.1. The molecule has 0 aliphatic carbocycles. The Morgan fingerprint density at radius 3 is 2.57 bits per heavy atom. The van der Waals surface area contributed by atoms with E-state index in [1.54, 1.807) is 0 Å². The van der Waals surface area contributed by atoms with Gasteiger partial charge in [-0.2, -0.15) is 0 Å². The average Bonchev–Trinajstić information content (AvgIpc) is 2.48. The van der Waals surface area contributed by atoms with Crippen molar-refractivity contribution in [1.82, 2.24) is 4.90 Å². The molecule has 0 aliphatic rings. The monoisotopic (exact) mass is 293 g/mol. The first kappa shape index (κ1) is 17.6. The molecule has 0 radical (unpaired) electrons. The number of ether oxygens (including phenoxy) is 1. The molecular formula is C17H31N3O. The third kappa shape index (κ3) is 5.84. The second-order valence-corrected chi connectivity index (χ2v) is 5.36. The van der Waals surface area contributed by atoms with Gasteiger partial charge in [-0.05, 0) is 58.5 Å². The van der Waals surface area contributed by atoms with Crippen LogP contribution in [0.5, 0.6) is 5.75 Å². The number of rotatable bonds is 10. The van der Waals surface area contributed by atoms with Gasteiger partial charge in [-0.3, -0.25) is 0 Å². The summed E-state index contributed by atoms with van der Waals surface area (Å²) in [6.45, 7) is 12.6. The summed E-state index contributed by atoms with van der Waals surface area (Å²) in [4.78, 5) is 2.46. The molecule has 3 N–H and O–H groups in total. The highest BCUT2D eigenvalue weighted by molar-refractivity contribution is 5.73. The van der Waals surface area contributed by atoms with Crippen LogP contribution < -0.4 is 15.8 Å². The maximum absolute atomic E-state index is 6.14. The van der Waals surface area contributed by atoms with Crippen molar-refractivity contribution in [3.05, 3.63) is 18.2 Å². The third-order valence-electron chi connectivity index (χ3n) is 3.77. The summed E-state index contributed by atoms with van der Waals surface area (Å²) in [6.07, 6.45) is 2.33. The fourth-order valence-electron chi connectivity index (χ4n) is 2.45. The largest absolute Gasteiger partial charge is 0.492 e. The minimum atomic E-state index is 0.403. The standard InChI is InChI=1S/C17H31N3O/c1-5-20(6-2)13-9-10-14(4)19-15-11-8-12-16(17(15)18)21-7-3/h8,11-12,14,19H,5-7,9-10,13,18H2,1-4H3. The molecule has 120 valence electrons. The Labute approximate surface area is 129 Å². The highest BCUT2D eigenvalue weighted by atomic mass is 16.5. The molecule has 0 spiro atoms. The van der Waals surface area contributed by atoms with Crippen molar-refractivity contribution in [3.63, 3.8) is 0 Å². The van der Waals surface area contributed by atoms with E-state index >= 15 is 0 Å². The molecule has 1 unspecified atom stereocenters. The van der Waals surface area contributed by atoms with Gasteiger partial charge in [0.25, 0.3) is 0 Å². The van der Waals surface area contributed by atoms with E-state index in [-0.39, 0.29) is 0 Å². The summed E-state index contributed by atoms with van der Waals surface area (Å²) in [6, 6.07) is 6.31. The lowest BCUT2D eigenvalue weighted by Gasteiger charge is -2.21. The number of hydrogen-bond acceptors (Lipinski definition) is 4. The molecule has 0 aliphatic heterocycles. The normalized spacial score (nSPS) is 12.4. The molecule has 4 nitrogen and oxygen atoms in total. The van der Waals surface area contributed by atoms with Crippen molar-refractivity contribution in [3.8, 4) is 5.75 Å². The molecule has 0 heterocycles. The minimum Gasteiger partial charge on any atom is -0.492 e. The molecule has 0 saturated heterocycles. The molecule has 0 bridgehead atoms. The molecular weight excluding hydrogens is 262 g/mol. The van der Waals surface area contributed by atoms with Gasteiger partial charge in [0.1, 0.15) is 5.75 Å². The van der Waals surface area contributed by atoms with Crippen LogP contribution in [0.3, 0.4) is 0 Å². The predicted octanol–water partition coefficient (Wildman–Crippen LogP) is 3.59. The van der Waals surface area contributed by atoms with Crippen molar-refractivity contribution < 1.29 is 4.74 Å². The molecule has 1 aromatic carbocycles. The van der Waals surface area contributed by atoms with Crippen molar-refractivity contribution in [2.75, 3.05) is 37.3 Å². The fraction of sp³-hybridized carbons (Fsp3) is 0.647. The zero-order valence-electron chi connectivity index (χ0n) is 14.0. The maximum Gasteiger partial charge on any atom is 0.144 e. The minimum absolute atomic E-state index is 0.403. The topological polar surface area (TPSA) is 50.5 Å². The van der Waals surface area contributed by atoms with Crippen LogP contribution in [0.2, 0.25) is 0 Å². The highest BCUT2D eigenvalue weighted by Gasteiger charge is 2.09. The summed E-state index contributed by atoms with van der Waals surface area (Å²) in [5, 5.41) is 3.50. The van der Waals surface area contributed by atoms with E-state index in [1.807, 2.05) is 25.1 Å². The van der Waals surface area contributed by atoms with Crippen molar-refractivity contribution in [2.45, 2.75) is 46.6 Å². The Balaban J connectivity index is 2.47. The van der Waals surface area contributed by atoms with E-state index in [0.717, 1.165) is 37.5 Å². The van der Waals surface area contributed by atoms with Gasteiger partial charge < -0.3 is 20.7 Å². The molecule has 0 fully saturated rings. The average molecular weight is 293 g/mol. The van der Waals surface area contributed by atoms with Gasteiger partial charge >= 0.3 is 0 Å². The van der Waals surface area contributed by atoms with E-state index in [0.29, 0.717) is 18.3 Å². The van der Waals surface area contributed by atoms with Gasteiger partial charge in [0.05, 0.1) is 18.0 Å². The van der Waals surface area contributed by atoms with E-state index in [1.165, 1.54) is 6.42 Å². The number of nitrogens with zero attached hydrogens (tertiary/aromatic N) is 1. The Kier molecular flexibility index (Phi) is 7.98. The number of benzene rings is 1. The SMILES string of the molecule is CCOc1cccc(NC(C)CCCN(CC)CC)c1N. The van der Waals surface area contributed by atoms with Crippen LogP contribution in [0.15, 0.2) is 18.2 Å². The lowest BCUT2D eigenvalue weighted by molar-refractivity contribution is 0.295. The van der Waals surface area contributed by atoms with Crippen molar-refractivity contribution in [1.29, 1.82) is 0 Å². The van der Waals surface area contributed by atoms with Crippen molar-refractivity contribution in [2.24, 2.45) is 0 Å². The lowest BCUT2D eigenvalue weighted by Crippen LogP contribution is -2.25. The van der Waals surface area contributed by atoms with E-state index < -0.39 is 0 Å². The van der Waals surface area contributed by atoms with Gasteiger partial charge in [0.15, 0.2) is 0 Å². The quantitative estimate of drug-likeness (QED) is 0.647. The second kappa shape index (κ2) is 9.50. The van der Waals surface area contributed by atoms with Crippen LogP contribution in [0.25, 0.3) is 0 Å². The summed E-state index contributed by atoms with van der Waals surface area (Å²) < 4.78 is 5.53. The van der Waals surface area contributed by atoms with Crippen LogP contribution >= 0.6 is 0 Å². The number of anilines is 2. The summed E-state index contributed by atoms with van der Waals surface area (Å²) in [7, 11) is 0. The van der Waals surface area contributed by atoms with Gasteiger partial charge in [-0.1, -0.05) is 19.9 Å². The Bertz CT molecular complexity index is 405. The number of nitrogens with two attached hydrogens (primary N) is 1. The Morgan fingerprint density at radius 1 is 1.24 bits per heavy atom. The number of nitrogens with one attached hydrogen (secondary N) is 1. The zero-order valence-corrected chi connectivity index (χ0v) is 14.0. The summed E-state index contributed by atoms with van der Waals surface area (Å²) in [5.41, 5.74) is 7.81. The predicted molar refractivity (Wildman–Crippen MR) is 92.1 cm³/mol. The van der Waals surface area contributed by atoms with Crippen LogP contribution in [0.4, 0.5) is 11.4 Å². The van der Waals surface area contributed by atoms with E-state index in [4.69, 9.17) is 10.5 Å². The maximum atomic E-state index is 6.14. The molecule has 0 saturated carbocycles.